The molecule has 3 N–H and O–H groups in total. The Morgan fingerprint density at radius 3 is 2.85 bits per heavy atom. The molecule has 0 spiro atoms. The lowest BCUT2D eigenvalue weighted by Crippen LogP contribution is -2.20. The van der Waals surface area contributed by atoms with Crippen molar-refractivity contribution in [2.75, 3.05) is 17.7 Å². The van der Waals surface area contributed by atoms with Gasteiger partial charge in [0.15, 0.2) is 0 Å². The number of aromatic carboxylic acids is 1. The van der Waals surface area contributed by atoms with Crippen molar-refractivity contribution < 1.29 is 9.90 Å². The van der Waals surface area contributed by atoms with E-state index >= 15 is 0 Å². The first-order chi connectivity index (χ1) is 9.49. The number of carboxylic acids is 1. The van der Waals surface area contributed by atoms with E-state index in [1.807, 2.05) is 12.1 Å². The fourth-order valence-corrected chi connectivity index (χ4v) is 2.39. The highest BCUT2D eigenvalue weighted by atomic mass is 35.5. The molecule has 0 unspecified atom stereocenters. The molecular formula is C14H14ClN3O2. The lowest BCUT2D eigenvalue weighted by molar-refractivity contribution is 0.0697. The maximum absolute atomic E-state index is 11.3. The molecule has 5 nitrogen and oxygen atoms in total. The lowest BCUT2D eigenvalue weighted by atomic mass is 10.1. The van der Waals surface area contributed by atoms with Crippen LogP contribution in [0, 0.1) is 0 Å². The third-order valence-electron chi connectivity index (χ3n) is 2.84. The average Bonchev–Trinajstić information content (AvgIpc) is 2.38. The van der Waals surface area contributed by atoms with Crippen LogP contribution in [0.5, 0.6) is 0 Å². The van der Waals surface area contributed by atoms with Gasteiger partial charge < -0.3 is 15.7 Å². The minimum atomic E-state index is -1.06. The second-order valence-corrected chi connectivity index (χ2v) is 4.83. The number of anilines is 2. The van der Waals surface area contributed by atoms with Crippen molar-refractivity contribution in [1.29, 1.82) is 0 Å². The van der Waals surface area contributed by atoms with Gasteiger partial charge in [0.25, 0.3) is 0 Å². The Morgan fingerprint density at radius 1 is 1.50 bits per heavy atom. The van der Waals surface area contributed by atoms with E-state index in [-0.39, 0.29) is 5.56 Å². The zero-order chi connectivity index (χ0) is 14.7. The number of aromatic nitrogens is 1. The van der Waals surface area contributed by atoms with Gasteiger partial charge in [-0.1, -0.05) is 17.7 Å². The number of nitrogens with two attached hydrogens (primary N) is 1. The summed E-state index contributed by atoms with van der Waals surface area (Å²) in [5, 5.41) is 9.59. The van der Waals surface area contributed by atoms with Gasteiger partial charge in [-0.25, -0.2) is 4.79 Å². The Hall–Kier alpha value is -2.27. The van der Waals surface area contributed by atoms with Crippen molar-refractivity contribution in [3.8, 4) is 0 Å². The van der Waals surface area contributed by atoms with Crippen molar-refractivity contribution in [1.82, 2.24) is 4.98 Å². The van der Waals surface area contributed by atoms with E-state index in [9.17, 15) is 9.90 Å². The summed E-state index contributed by atoms with van der Waals surface area (Å²) >= 11 is 6.14. The quantitative estimate of drug-likeness (QED) is 0.847. The predicted octanol–water partition coefficient (Wildman–Crippen LogP) is 2.65. The van der Waals surface area contributed by atoms with Gasteiger partial charge in [-0.2, -0.15) is 0 Å². The summed E-state index contributed by atoms with van der Waals surface area (Å²) in [5.74, 6) is -1.06. The summed E-state index contributed by atoms with van der Waals surface area (Å²) in [6, 6.07) is 6.69. The van der Waals surface area contributed by atoms with Gasteiger partial charge in [0.1, 0.15) is 0 Å². The molecule has 2 rings (SSSR count). The van der Waals surface area contributed by atoms with Gasteiger partial charge in [0, 0.05) is 31.7 Å². The van der Waals surface area contributed by atoms with Gasteiger partial charge in [-0.3, -0.25) is 4.98 Å². The molecule has 1 aromatic carbocycles. The number of pyridine rings is 1. The average molecular weight is 292 g/mol. The van der Waals surface area contributed by atoms with Crippen LogP contribution in [0.15, 0.2) is 36.7 Å². The third kappa shape index (κ3) is 3.00. The summed E-state index contributed by atoms with van der Waals surface area (Å²) in [6.07, 6.45) is 3.41. The molecule has 0 saturated carbocycles. The van der Waals surface area contributed by atoms with Crippen LogP contribution in [0.3, 0.4) is 0 Å². The summed E-state index contributed by atoms with van der Waals surface area (Å²) in [6.45, 7) is 0.498. The highest BCUT2D eigenvalue weighted by Gasteiger charge is 2.18. The first-order valence-electron chi connectivity index (χ1n) is 5.91. The monoisotopic (exact) mass is 291 g/mol. The van der Waals surface area contributed by atoms with E-state index in [4.69, 9.17) is 17.3 Å². The molecular weight excluding hydrogens is 278 g/mol. The van der Waals surface area contributed by atoms with Crippen LogP contribution in [-0.4, -0.2) is 23.1 Å². The number of halogens is 1. The van der Waals surface area contributed by atoms with E-state index in [1.54, 1.807) is 30.4 Å². The summed E-state index contributed by atoms with van der Waals surface area (Å²) in [7, 11) is 1.77. The number of hydrogen-bond donors (Lipinski definition) is 2. The van der Waals surface area contributed by atoms with Crippen molar-refractivity contribution in [3.05, 3.63) is 52.8 Å². The molecule has 0 aliphatic rings. The van der Waals surface area contributed by atoms with Crippen LogP contribution in [0.4, 0.5) is 11.4 Å². The molecule has 0 fully saturated rings. The molecule has 2 aromatic rings. The fraction of sp³-hybridized carbons (Fsp3) is 0.143. The Labute approximate surface area is 121 Å². The minimum Gasteiger partial charge on any atom is -0.478 e. The molecule has 1 aromatic heterocycles. The second kappa shape index (κ2) is 5.79. The van der Waals surface area contributed by atoms with Gasteiger partial charge in [0.05, 0.1) is 16.3 Å². The number of carbonyl (C=O) groups is 1. The highest BCUT2D eigenvalue weighted by molar-refractivity contribution is 6.34. The van der Waals surface area contributed by atoms with Gasteiger partial charge in [-0.15, -0.1) is 0 Å². The Kier molecular flexibility index (Phi) is 4.10. The van der Waals surface area contributed by atoms with Gasteiger partial charge in [0.2, 0.25) is 0 Å². The Bertz CT molecular complexity index is 632. The van der Waals surface area contributed by atoms with Crippen molar-refractivity contribution in [3.63, 3.8) is 0 Å². The maximum Gasteiger partial charge on any atom is 0.337 e. The van der Waals surface area contributed by atoms with Crippen LogP contribution in [0.25, 0.3) is 0 Å². The van der Waals surface area contributed by atoms with E-state index < -0.39 is 5.97 Å². The molecule has 0 aliphatic heterocycles. The van der Waals surface area contributed by atoms with Crippen molar-refractivity contribution in [2.45, 2.75) is 6.54 Å². The number of rotatable bonds is 4. The SMILES string of the molecule is CN(Cc1cccnc1)c1c(Cl)cc(N)cc1C(=O)O. The van der Waals surface area contributed by atoms with Crippen LogP contribution >= 0.6 is 11.6 Å². The van der Waals surface area contributed by atoms with Crippen LogP contribution < -0.4 is 10.6 Å². The molecule has 1 heterocycles. The standard InChI is InChI=1S/C14H14ClN3O2/c1-18(8-9-3-2-4-17-7-9)13-11(14(19)20)5-10(16)6-12(13)15/h2-7H,8,16H2,1H3,(H,19,20). The van der Waals surface area contributed by atoms with Crippen LogP contribution in [0.2, 0.25) is 5.02 Å². The Morgan fingerprint density at radius 2 is 2.25 bits per heavy atom. The smallest absolute Gasteiger partial charge is 0.337 e. The lowest BCUT2D eigenvalue weighted by Gasteiger charge is -2.23. The molecule has 104 valence electrons. The molecule has 0 aliphatic carbocycles. The van der Waals surface area contributed by atoms with Gasteiger partial charge in [-0.05, 0) is 23.8 Å². The molecule has 6 heteroatoms. The summed E-state index contributed by atoms with van der Waals surface area (Å²) in [5.41, 5.74) is 7.45. The summed E-state index contributed by atoms with van der Waals surface area (Å²) < 4.78 is 0. The molecule has 0 bridgehead atoms. The first kappa shape index (κ1) is 14.1. The molecule has 0 saturated heterocycles. The van der Waals surface area contributed by atoms with Crippen LogP contribution in [-0.2, 0) is 6.54 Å². The molecule has 20 heavy (non-hydrogen) atoms. The molecule has 0 amide bonds. The highest BCUT2D eigenvalue weighted by Crippen LogP contribution is 2.32. The van der Waals surface area contributed by atoms with Crippen molar-refractivity contribution >= 4 is 28.9 Å². The molecule has 0 atom stereocenters. The normalized spacial score (nSPS) is 10.3. The number of benzene rings is 1. The third-order valence-corrected chi connectivity index (χ3v) is 3.13. The maximum atomic E-state index is 11.3. The second-order valence-electron chi connectivity index (χ2n) is 4.42. The topological polar surface area (TPSA) is 79.5 Å². The Balaban J connectivity index is 2.39. The largest absolute Gasteiger partial charge is 0.478 e. The van der Waals surface area contributed by atoms with E-state index in [1.165, 1.54) is 6.07 Å². The zero-order valence-electron chi connectivity index (χ0n) is 10.9. The van der Waals surface area contributed by atoms with E-state index in [0.717, 1.165) is 5.56 Å². The van der Waals surface area contributed by atoms with Crippen molar-refractivity contribution in [2.24, 2.45) is 0 Å². The van der Waals surface area contributed by atoms with E-state index in [0.29, 0.717) is 22.9 Å². The number of hydrogen-bond acceptors (Lipinski definition) is 4. The first-order valence-corrected chi connectivity index (χ1v) is 6.29. The fourth-order valence-electron chi connectivity index (χ4n) is 2.02. The number of nitrogens with zero attached hydrogens (tertiary/aromatic N) is 2. The number of carboxylic acid groups (broad SMARTS) is 1. The summed E-state index contributed by atoms with van der Waals surface area (Å²) in [4.78, 5) is 17.1. The van der Waals surface area contributed by atoms with E-state index in [2.05, 4.69) is 4.98 Å². The minimum absolute atomic E-state index is 0.0846. The number of nitrogen functional groups attached to an aromatic ring is 1. The van der Waals surface area contributed by atoms with Crippen LogP contribution in [0.1, 0.15) is 15.9 Å². The molecule has 0 radical (unpaired) electrons. The van der Waals surface area contributed by atoms with Gasteiger partial charge >= 0.3 is 5.97 Å². The zero-order valence-corrected chi connectivity index (χ0v) is 11.6. The predicted molar refractivity (Wildman–Crippen MR) is 79.2 cm³/mol.